The van der Waals surface area contributed by atoms with E-state index in [1.165, 1.54) is 24.3 Å². The molecule has 0 bridgehead atoms. The summed E-state index contributed by atoms with van der Waals surface area (Å²) in [6, 6.07) is 0. The topological polar surface area (TPSA) is 0 Å². The first-order valence-electron chi connectivity index (χ1n) is 3.91. The Balaban J connectivity index is 2.77. The van der Waals surface area contributed by atoms with Crippen molar-refractivity contribution in [1.29, 1.82) is 0 Å². The molecule has 0 aliphatic rings. The highest BCUT2D eigenvalue weighted by Crippen LogP contribution is 2.09. The van der Waals surface area contributed by atoms with Gasteiger partial charge in [-0.3, -0.25) is 0 Å². The summed E-state index contributed by atoms with van der Waals surface area (Å²) in [6.45, 7) is 4.57. The Morgan fingerprint density at radius 2 is 2.00 bits per heavy atom. The standard InChI is InChI=1S/C8H17BrS/c1-8(2)4-7-10-6-3-5-9/h8H,3-7H2,1-2H3. The predicted octanol–water partition coefficient (Wildman–Crippen LogP) is 3.55. The molecule has 2 heteroatoms. The van der Waals surface area contributed by atoms with Gasteiger partial charge >= 0.3 is 0 Å². The molecule has 0 aliphatic carbocycles. The van der Waals surface area contributed by atoms with Gasteiger partial charge in [0.25, 0.3) is 0 Å². The van der Waals surface area contributed by atoms with Gasteiger partial charge in [-0.2, -0.15) is 11.8 Å². The monoisotopic (exact) mass is 224 g/mol. The van der Waals surface area contributed by atoms with E-state index in [1.807, 2.05) is 0 Å². The second-order valence-corrected chi connectivity index (χ2v) is 4.86. The van der Waals surface area contributed by atoms with Crippen LogP contribution in [0, 0.1) is 5.92 Å². The van der Waals surface area contributed by atoms with Crippen LogP contribution in [0.4, 0.5) is 0 Å². The molecule has 0 rings (SSSR count). The summed E-state index contributed by atoms with van der Waals surface area (Å²) in [7, 11) is 0. The van der Waals surface area contributed by atoms with Gasteiger partial charge < -0.3 is 0 Å². The number of alkyl halides is 1. The molecule has 0 aliphatic heterocycles. The van der Waals surface area contributed by atoms with Gasteiger partial charge in [-0.1, -0.05) is 29.8 Å². The van der Waals surface area contributed by atoms with Crippen LogP contribution in [0.1, 0.15) is 26.7 Å². The van der Waals surface area contributed by atoms with Crippen molar-refractivity contribution < 1.29 is 0 Å². The first kappa shape index (κ1) is 10.8. The lowest BCUT2D eigenvalue weighted by Gasteiger charge is -2.02. The van der Waals surface area contributed by atoms with Crippen molar-refractivity contribution in [2.75, 3.05) is 16.8 Å². The Bertz CT molecular complexity index is 64.3. The molecule has 0 atom stereocenters. The quantitative estimate of drug-likeness (QED) is 0.492. The fraction of sp³-hybridized carbons (Fsp3) is 1.00. The molecule has 0 spiro atoms. The summed E-state index contributed by atoms with van der Waals surface area (Å²) in [5, 5.41) is 1.15. The van der Waals surface area contributed by atoms with Crippen LogP contribution in [0.2, 0.25) is 0 Å². The summed E-state index contributed by atoms with van der Waals surface area (Å²) in [4.78, 5) is 0. The van der Waals surface area contributed by atoms with Crippen molar-refractivity contribution in [3.05, 3.63) is 0 Å². The number of rotatable bonds is 6. The maximum Gasteiger partial charge on any atom is 0.00391 e. The Hall–Kier alpha value is 0.830. The number of hydrogen-bond acceptors (Lipinski definition) is 1. The van der Waals surface area contributed by atoms with Crippen LogP contribution in [0.25, 0.3) is 0 Å². The lowest BCUT2D eigenvalue weighted by Crippen LogP contribution is -1.90. The molecule has 0 aromatic carbocycles. The third kappa shape index (κ3) is 8.83. The fourth-order valence-electron chi connectivity index (χ4n) is 0.578. The molecule has 10 heavy (non-hydrogen) atoms. The molecule has 0 saturated heterocycles. The number of thioether (sulfide) groups is 1. The van der Waals surface area contributed by atoms with E-state index >= 15 is 0 Å². The third-order valence-electron chi connectivity index (χ3n) is 1.26. The SMILES string of the molecule is CC(C)CCSCCCBr. The molecule has 0 aromatic heterocycles. The van der Waals surface area contributed by atoms with Crippen LogP contribution in [-0.4, -0.2) is 16.8 Å². The first-order chi connectivity index (χ1) is 4.77. The molecule has 0 radical (unpaired) electrons. The summed E-state index contributed by atoms with van der Waals surface area (Å²) < 4.78 is 0. The van der Waals surface area contributed by atoms with E-state index in [4.69, 9.17) is 0 Å². The zero-order valence-corrected chi connectivity index (χ0v) is 9.30. The second-order valence-electron chi connectivity index (χ2n) is 2.84. The minimum Gasteiger partial charge on any atom is -0.162 e. The summed E-state index contributed by atoms with van der Waals surface area (Å²) in [5.74, 6) is 3.53. The van der Waals surface area contributed by atoms with Gasteiger partial charge in [-0.25, -0.2) is 0 Å². The van der Waals surface area contributed by atoms with Gasteiger partial charge in [0.15, 0.2) is 0 Å². The second kappa shape index (κ2) is 7.93. The number of hydrogen-bond donors (Lipinski definition) is 0. The van der Waals surface area contributed by atoms with Crippen LogP contribution in [0.3, 0.4) is 0 Å². The molecule has 0 aromatic rings. The normalized spacial score (nSPS) is 10.8. The minimum atomic E-state index is 0.872. The first-order valence-corrected chi connectivity index (χ1v) is 6.18. The lowest BCUT2D eigenvalue weighted by molar-refractivity contribution is 0.632. The molecule has 0 N–H and O–H groups in total. The highest BCUT2D eigenvalue weighted by molar-refractivity contribution is 9.09. The van der Waals surface area contributed by atoms with E-state index in [-0.39, 0.29) is 0 Å². The van der Waals surface area contributed by atoms with E-state index in [2.05, 4.69) is 41.5 Å². The molecule has 0 heterocycles. The molecular weight excluding hydrogens is 208 g/mol. The van der Waals surface area contributed by atoms with E-state index in [9.17, 15) is 0 Å². The average Bonchev–Trinajstić information content (AvgIpc) is 1.87. The Morgan fingerprint density at radius 3 is 2.50 bits per heavy atom. The fourth-order valence-corrected chi connectivity index (χ4v) is 2.42. The van der Waals surface area contributed by atoms with Crippen LogP contribution in [0.5, 0.6) is 0 Å². The minimum absolute atomic E-state index is 0.872. The molecule has 62 valence electrons. The van der Waals surface area contributed by atoms with Crippen LogP contribution >= 0.6 is 27.7 Å². The lowest BCUT2D eigenvalue weighted by atomic mass is 10.2. The van der Waals surface area contributed by atoms with Crippen molar-refractivity contribution in [3.8, 4) is 0 Å². The van der Waals surface area contributed by atoms with Crippen LogP contribution in [0.15, 0.2) is 0 Å². The van der Waals surface area contributed by atoms with Crippen molar-refractivity contribution >= 4 is 27.7 Å². The smallest absolute Gasteiger partial charge is 0.00391 e. The van der Waals surface area contributed by atoms with E-state index in [1.54, 1.807) is 0 Å². The van der Waals surface area contributed by atoms with Gasteiger partial charge in [0.05, 0.1) is 0 Å². The highest BCUT2D eigenvalue weighted by atomic mass is 79.9. The maximum absolute atomic E-state index is 3.42. The van der Waals surface area contributed by atoms with E-state index < -0.39 is 0 Å². The van der Waals surface area contributed by atoms with Gasteiger partial charge in [0.2, 0.25) is 0 Å². The van der Waals surface area contributed by atoms with Crippen molar-refractivity contribution in [2.24, 2.45) is 5.92 Å². The van der Waals surface area contributed by atoms with Crippen LogP contribution < -0.4 is 0 Å². The Labute approximate surface area is 77.3 Å². The van der Waals surface area contributed by atoms with Crippen LogP contribution in [-0.2, 0) is 0 Å². The summed E-state index contributed by atoms with van der Waals surface area (Å²) in [6.07, 6.45) is 2.68. The molecule has 0 unspecified atom stereocenters. The Kier molecular flexibility index (Phi) is 8.59. The van der Waals surface area contributed by atoms with Crippen molar-refractivity contribution in [2.45, 2.75) is 26.7 Å². The zero-order valence-electron chi connectivity index (χ0n) is 6.90. The van der Waals surface area contributed by atoms with Gasteiger partial charge in [-0.15, -0.1) is 0 Å². The van der Waals surface area contributed by atoms with Gasteiger partial charge in [-0.05, 0) is 30.3 Å². The molecule has 0 amide bonds. The van der Waals surface area contributed by atoms with Gasteiger partial charge in [0, 0.05) is 5.33 Å². The third-order valence-corrected chi connectivity index (χ3v) is 2.92. The Morgan fingerprint density at radius 1 is 1.30 bits per heavy atom. The number of halogens is 1. The predicted molar refractivity (Wildman–Crippen MR) is 55.2 cm³/mol. The largest absolute Gasteiger partial charge is 0.162 e. The molecule has 0 nitrogen and oxygen atoms in total. The van der Waals surface area contributed by atoms with E-state index in [0.29, 0.717) is 0 Å². The molecule has 0 fully saturated rings. The summed E-state index contributed by atoms with van der Waals surface area (Å²) >= 11 is 5.49. The average molecular weight is 225 g/mol. The van der Waals surface area contributed by atoms with Gasteiger partial charge in [0.1, 0.15) is 0 Å². The summed E-state index contributed by atoms with van der Waals surface area (Å²) in [5.41, 5.74) is 0. The maximum atomic E-state index is 3.42. The van der Waals surface area contributed by atoms with E-state index in [0.717, 1.165) is 11.2 Å². The molecule has 0 saturated carbocycles. The highest BCUT2D eigenvalue weighted by Gasteiger charge is 1.93. The zero-order chi connectivity index (χ0) is 7.82. The van der Waals surface area contributed by atoms with Crippen molar-refractivity contribution in [1.82, 2.24) is 0 Å². The van der Waals surface area contributed by atoms with Crippen molar-refractivity contribution in [3.63, 3.8) is 0 Å². The molecular formula is C8H17BrS.